The number of nitrogens with one attached hydrogen (secondary N) is 1. The fraction of sp³-hybridized carbons (Fsp3) is 0.300. The third-order valence-corrected chi connectivity index (χ3v) is 4.79. The zero-order chi connectivity index (χ0) is 19.4. The second-order valence-corrected chi connectivity index (χ2v) is 8.01. The van der Waals surface area contributed by atoms with Crippen LogP contribution < -0.4 is 11.1 Å². The van der Waals surface area contributed by atoms with Gasteiger partial charge in [-0.15, -0.1) is 0 Å². The average Bonchev–Trinajstić information content (AvgIpc) is 2.55. The van der Waals surface area contributed by atoms with Crippen molar-refractivity contribution in [2.24, 2.45) is 11.1 Å². The molecule has 138 valence electrons. The maximum Gasteiger partial charge on any atom is 0.405 e. The van der Waals surface area contributed by atoms with E-state index in [1.54, 1.807) is 12.1 Å². The molecule has 0 spiro atoms. The first-order chi connectivity index (χ1) is 12.1. The van der Waals surface area contributed by atoms with Crippen LogP contribution in [0.4, 0.5) is 10.5 Å². The summed E-state index contributed by atoms with van der Waals surface area (Å²) in [5.41, 5.74) is 4.98. The summed E-state index contributed by atoms with van der Waals surface area (Å²) in [5, 5.41) is 2.85. The number of nitrogens with two attached hydrogens (primary N) is 1. The lowest BCUT2D eigenvalue weighted by molar-refractivity contribution is -0.129. The molecular formula is C20H23BrN2O3. The lowest BCUT2D eigenvalue weighted by Crippen LogP contribution is -2.47. The Balaban J connectivity index is 2.38. The van der Waals surface area contributed by atoms with Gasteiger partial charge in [-0.2, -0.15) is 0 Å². The molecule has 0 aromatic heterocycles. The van der Waals surface area contributed by atoms with E-state index in [2.05, 4.69) is 21.2 Å². The molecule has 0 bridgehead atoms. The van der Waals surface area contributed by atoms with Crippen LogP contribution in [0.2, 0.25) is 0 Å². The first-order valence-corrected chi connectivity index (χ1v) is 9.03. The molecule has 0 aliphatic rings. The van der Waals surface area contributed by atoms with Crippen LogP contribution in [0.1, 0.15) is 32.8 Å². The Bertz CT molecular complexity index is 770. The predicted molar refractivity (Wildman–Crippen MR) is 106 cm³/mol. The van der Waals surface area contributed by atoms with Gasteiger partial charge in [-0.1, -0.05) is 67.0 Å². The monoisotopic (exact) mass is 418 g/mol. The number of carbonyl (C=O) groups excluding carboxylic acids is 2. The van der Waals surface area contributed by atoms with Gasteiger partial charge in [0.25, 0.3) is 0 Å². The van der Waals surface area contributed by atoms with E-state index in [4.69, 9.17) is 10.5 Å². The van der Waals surface area contributed by atoms with Gasteiger partial charge in [-0.3, -0.25) is 4.79 Å². The number of hydrogen-bond acceptors (Lipinski definition) is 3. The van der Waals surface area contributed by atoms with Crippen molar-refractivity contribution in [1.29, 1.82) is 0 Å². The minimum Gasteiger partial charge on any atom is -0.437 e. The molecule has 6 heteroatoms. The molecule has 2 amide bonds. The fourth-order valence-corrected chi connectivity index (χ4v) is 3.16. The number of benzene rings is 2. The van der Waals surface area contributed by atoms with Crippen LogP contribution >= 0.6 is 15.9 Å². The lowest BCUT2D eigenvalue weighted by atomic mass is 9.70. The maximum absolute atomic E-state index is 12.8. The highest BCUT2D eigenvalue weighted by atomic mass is 79.9. The van der Waals surface area contributed by atoms with Gasteiger partial charge in [0.2, 0.25) is 5.91 Å². The number of carbonyl (C=O) groups is 2. The maximum atomic E-state index is 12.8. The van der Waals surface area contributed by atoms with Crippen molar-refractivity contribution >= 4 is 33.6 Å². The van der Waals surface area contributed by atoms with E-state index >= 15 is 0 Å². The van der Waals surface area contributed by atoms with E-state index in [0.717, 1.165) is 10.0 Å². The standard InChI is InChI=1S/C20H23BrN2O3/c1-19(2,3)20(26-18(22)25,14-7-5-4-6-8-14)13-17(24)23-16-11-9-15(21)10-12-16/h4-12H,13H2,1-3H3,(H2,22,25)(H,23,24)/t20-/m0/s1. The highest BCUT2D eigenvalue weighted by Gasteiger charge is 2.48. The highest BCUT2D eigenvalue weighted by Crippen LogP contribution is 2.45. The van der Waals surface area contributed by atoms with Crippen LogP contribution in [-0.2, 0) is 15.1 Å². The summed E-state index contributed by atoms with van der Waals surface area (Å²) in [5.74, 6) is -0.271. The second kappa shape index (κ2) is 7.91. The molecule has 0 fully saturated rings. The summed E-state index contributed by atoms with van der Waals surface area (Å²) in [6.45, 7) is 5.74. The molecule has 1 atom stereocenters. The molecule has 2 rings (SSSR count). The lowest BCUT2D eigenvalue weighted by Gasteiger charge is -2.43. The minimum absolute atomic E-state index is 0.0560. The number of rotatable bonds is 5. The van der Waals surface area contributed by atoms with Crippen molar-refractivity contribution in [2.75, 3.05) is 5.32 Å². The molecule has 0 heterocycles. The van der Waals surface area contributed by atoms with Crippen LogP contribution in [0.15, 0.2) is 59.1 Å². The molecule has 26 heavy (non-hydrogen) atoms. The number of anilines is 1. The van der Waals surface area contributed by atoms with Crippen LogP contribution in [0.3, 0.4) is 0 Å². The average molecular weight is 419 g/mol. The van der Waals surface area contributed by atoms with Gasteiger partial charge in [0.05, 0.1) is 6.42 Å². The van der Waals surface area contributed by atoms with Gasteiger partial charge in [0.15, 0.2) is 5.60 Å². The van der Waals surface area contributed by atoms with E-state index in [-0.39, 0.29) is 12.3 Å². The Labute approximate surface area is 162 Å². The number of ether oxygens (including phenoxy) is 1. The minimum atomic E-state index is -1.19. The van der Waals surface area contributed by atoms with Crippen LogP contribution in [0, 0.1) is 5.41 Å². The van der Waals surface area contributed by atoms with E-state index in [0.29, 0.717) is 5.69 Å². The van der Waals surface area contributed by atoms with Crippen LogP contribution in [0.5, 0.6) is 0 Å². The SMILES string of the molecule is CC(C)(C)[C@@](CC(=O)Nc1ccc(Br)cc1)(OC(N)=O)c1ccccc1. The summed E-state index contributed by atoms with van der Waals surface area (Å²) in [6.07, 6.45) is -0.972. The van der Waals surface area contributed by atoms with Gasteiger partial charge in [-0.05, 0) is 29.8 Å². The van der Waals surface area contributed by atoms with Gasteiger partial charge >= 0.3 is 6.09 Å². The van der Waals surface area contributed by atoms with Crippen molar-refractivity contribution in [1.82, 2.24) is 0 Å². The normalized spacial score (nSPS) is 13.5. The molecule has 0 saturated heterocycles. The zero-order valence-electron chi connectivity index (χ0n) is 15.1. The van der Waals surface area contributed by atoms with Gasteiger partial charge in [0, 0.05) is 15.6 Å². The molecule has 5 nitrogen and oxygen atoms in total. The molecule has 0 unspecified atom stereocenters. The Morgan fingerprint density at radius 2 is 1.62 bits per heavy atom. The van der Waals surface area contributed by atoms with Crippen molar-refractivity contribution in [3.05, 3.63) is 64.6 Å². The molecule has 2 aromatic carbocycles. The first kappa shape index (κ1) is 20.0. The summed E-state index contributed by atoms with van der Waals surface area (Å²) in [6, 6.07) is 16.5. The number of hydrogen-bond donors (Lipinski definition) is 2. The Morgan fingerprint density at radius 3 is 2.12 bits per heavy atom. The predicted octanol–water partition coefficient (Wildman–Crippen LogP) is 4.81. The molecule has 0 aliphatic carbocycles. The molecule has 2 aromatic rings. The van der Waals surface area contributed by atoms with Crippen LogP contribution in [-0.4, -0.2) is 12.0 Å². The summed E-state index contributed by atoms with van der Waals surface area (Å²) in [7, 11) is 0. The summed E-state index contributed by atoms with van der Waals surface area (Å²) < 4.78 is 6.50. The largest absolute Gasteiger partial charge is 0.437 e. The second-order valence-electron chi connectivity index (χ2n) is 7.10. The van der Waals surface area contributed by atoms with Crippen molar-refractivity contribution in [2.45, 2.75) is 32.8 Å². The Morgan fingerprint density at radius 1 is 1.04 bits per heavy atom. The van der Waals surface area contributed by atoms with E-state index < -0.39 is 17.1 Å². The Kier molecular flexibility index (Phi) is 6.08. The third kappa shape index (κ3) is 4.64. The molecule has 0 saturated carbocycles. The van der Waals surface area contributed by atoms with Crippen LogP contribution in [0.25, 0.3) is 0 Å². The van der Waals surface area contributed by atoms with Gasteiger partial charge < -0.3 is 15.8 Å². The van der Waals surface area contributed by atoms with Crippen molar-refractivity contribution in [3.63, 3.8) is 0 Å². The number of halogens is 1. The molecule has 0 aliphatic heterocycles. The Hall–Kier alpha value is -2.34. The molecular weight excluding hydrogens is 396 g/mol. The molecule has 3 N–H and O–H groups in total. The van der Waals surface area contributed by atoms with E-state index in [1.165, 1.54) is 0 Å². The number of primary amides is 1. The smallest absolute Gasteiger partial charge is 0.405 e. The zero-order valence-corrected chi connectivity index (χ0v) is 16.7. The first-order valence-electron chi connectivity index (χ1n) is 8.23. The van der Waals surface area contributed by atoms with Crippen molar-refractivity contribution < 1.29 is 14.3 Å². The fourth-order valence-electron chi connectivity index (χ4n) is 2.89. The van der Waals surface area contributed by atoms with Gasteiger partial charge in [-0.25, -0.2) is 4.79 Å². The summed E-state index contributed by atoms with van der Waals surface area (Å²) in [4.78, 5) is 24.4. The van der Waals surface area contributed by atoms with E-state index in [9.17, 15) is 9.59 Å². The summed E-state index contributed by atoms with van der Waals surface area (Å²) >= 11 is 3.36. The quantitative estimate of drug-likeness (QED) is 0.730. The number of amides is 2. The van der Waals surface area contributed by atoms with Crippen molar-refractivity contribution in [3.8, 4) is 0 Å². The van der Waals surface area contributed by atoms with Gasteiger partial charge in [0.1, 0.15) is 0 Å². The topological polar surface area (TPSA) is 81.4 Å². The highest BCUT2D eigenvalue weighted by molar-refractivity contribution is 9.10. The molecule has 0 radical (unpaired) electrons. The van der Waals surface area contributed by atoms with E-state index in [1.807, 2.05) is 63.2 Å². The third-order valence-electron chi connectivity index (χ3n) is 4.26.